The van der Waals surface area contributed by atoms with E-state index in [9.17, 15) is 13.2 Å². The molecule has 1 aromatic heterocycles. The van der Waals surface area contributed by atoms with Crippen LogP contribution in [0.25, 0.3) is 10.9 Å². The third-order valence-electron chi connectivity index (χ3n) is 2.14. The van der Waals surface area contributed by atoms with Crippen LogP contribution in [0.5, 0.6) is 0 Å². The van der Waals surface area contributed by atoms with E-state index in [0.29, 0.717) is 5.52 Å². The van der Waals surface area contributed by atoms with Crippen molar-refractivity contribution in [2.75, 3.05) is 0 Å². The molecule has 1 nitrogen and oxygen atoms in total. The van der Waals surface area contributed by atoms with E-state index in [4.69, 9.17) is 0 Å². The van der Waals surface area contributed by atoms with Crippen LogP contribution < -0.4 is 0 Å². The standard InChI is InChI=1S/C10H8F3N/c1-6-2-3-7-8(10(11,12)13)5-14-9(7)4-6/h2-5,14H,1H3. The van der Waals surface area contributed by atoms with Crippen LogP contribution in [0.4, 0.5) is 13.2 Å². The number of benzene rings is 1. The fourth-order valence-electron chi connectivity index (χ4n) is 1.47. The summed E-state index contributed by atoms with van der Waals surface area (Å²) >= 11 is 0. The van der Waals surface area contributed by atoms with Gasteiger partial charge in [-0.3, -0.25) is 0 Å². The molecule has 0 bridgehead atoms. The highest BCUT2D eigenvalue weighted by molar-refractivity contribution is 5.84. The van der Waals surface area contributed by atoms with Crippen molar-refractivity contribution in [1.29, 1.82) is 0 Å². The number of hydrogen-bond donors (Lipinski definition) is 1. The van der Waals surface area contributed by atoms with Gasteiger partial charge < -0.3 is 4.98 Å². The summed E-state index contributed by atoms with van der Waals surface area (Å²) in [6.45, 7) is 1.84. The molecule has 0 radical (unpaired) electrons. The lowest BCUT2D eigenvalue weighted by Gasteiger charge is -2.03. The first-order valence-electron chi connectivity index (χ1n) is 4.13. The molecule has 0 aliphatic heterocycles. The lowest BCUT2D eigenvalue weighted by molar-refractivity contribution is -0.136. The topological polar surface area (TPSA) is 15.8 Å². The Hall–Kier alpha value is -1.45. The Kier molecular flexibility index (Phi) is 1.80. The van der Waals surface area contributed by atoms with E-state index in [1.165, 1.54) is 6.07 Å². The maximum Gasteiger partial charge on any atom is 0.418 e. The second kappa shape index (κ2) is 2.77. The van der Waals surface area contributed by atoms with Gasteiger partial charge in [0.2, 0.25) is 0 Å². The van der Waals surface area contributed by atoms with Crippen molar-refractivity contribution in [3.05, 3.63) is 35.5 Å². The number of aromatic amines is 1. The highest BCUT2D eigenvalue weighted by Gasteiger charge is 2.33. The van der Waals surface area contributed by atoms with Gasteiger partial charge in [0.05, 0.1) is 5.56 Å². The van der Waals surface area contributed by atoms with Crippen LogP contribution in [0, 0.1) is 6.92 Å². The molecule has 0 saturated carbocycles. The van der Waals surface area contributed by atoms with Crippen molar-refractivity contribution in [3.63, 3.8) is 0 Å². The first kappa shape index (κ1) is 9.12. The smallest absolute Gasteiger partial charge is 0.361 e. The SMILES string of the molecule is Cc1ccc2c(C(F)(F)F)c[nH]c2c1. The molecule has 2 rings (SSSR count). The number of H-pyrrole nitrogens is 1. The Morgan fingerprint density at radius 1 is 1.21 bits per heavy atom. The molecule has 0 saturated heterocycles. The Balaban J connectivity index is 2.70. The van der Waals surface area contributed by atoms with Gasteiger partial charge in [-0.2, -0.15) is 13.2 Å². The number of fused-ring (bicyclic) bond motifs is 1. The molecule has 0 fully saturated rings. The Morgan fingerprint density at radius 3 is 2.57 bits per heavy atom. The van der Waals surface area contributed by atoms with Gasteiger partial charge >= 0.3 is 6.18 Å². The summed E-state index contributed by atoms with van der Waals surface area (Å²) in [6.07, 6.45) is -3.28. The number of alkyl halides is 3. The van der Waals surface area contributed by atoms with Crippen molar-refractivity contribution in [3.8, 4) is 0 Å². The maximum absolute atomic E-state index is 12.4. The molecule has 0 unspecified atom stereocenters. The molecule has 0 atom stereocenters. The molecule has 0 spiro atoms. The largest absolute Gasteiger partial charge is 0.418 e. The number of aryl methyl sites for hydroxylation is 1. The second-order valence-electron chi connectivity index (χ2n) is 3.25. The van der Waals surface area contributed by atoms with Crippen molar-refractivity contribution in [1.82, 2.24) is 4.98 Å². The number of rotatable bonds is 0. The van der Waals surface area contributed by atoms with Crippen LogP contribution in [0.15, 0.2) is 24.4 Å². The van der Waals surface area contributed by atoms with E-state index in [-0.39, 0.29) is 5.39 Å². The van der Waals surface area contributed by atoms with E-state index in [1.807, 2.05) is 6.92 Å². The van der Waals surface area contributed by atoms with Gasteiger partial charge in [-0.1, -0.05) is 12.1 Å². The molecule has 2 aromatic rings. The van der Waals surface area contributed by atoms with E-state index in [0.717, 1.165) is 11.8 Å². The number of hydrogen-bond acceptors (Lipinski definition) is 0. The summed E-state index contributed by atoms with van der Waals surface area (Å²) in [6, 6.07) is 4.86. The summed E-state index contributed by atoms with van der Waals surface area (Å²) in [5.74, 6) is 0. The van der Waals surface area contributed by atoms with Crippen LogP contribution in [-0.4, -0.2) is 4.98 Å². The molecule has 0 aliphatic carbocycles. The molecule has 1 N–H and O–H groups in total. The predicted octanol–water partition coefficient (Wildman–Crippen LogP) is 3.50. The average Bonchev–Trinajstić information content (AvgIpc) is 2.45. The van der Waals surface area contributed by atoms with E-state index in [1.54, 1.807) is 12.1 Å². The van der Waals surface area contributed by atoms with E-state index in [2.05, 4.69) is 4.98 Å². The summed E-state index contributed by atoms with van der Waals surface area (Å²) in [4.78, 5) is 2.62. The van der Waals surface area contributed by atoms with Gasteiger partial charge in [-0.15, -0.1) is 0 Å². The second-order valence-corrected chi connectivity index (χ2v) is 3.25. The Morgan fingerprint density at radius 2 is 1.93 bits per heavy atom. The third kappa shape index (κ3) is 1.36. The van der Waals surface area contributed by atoms with E-state index >= 15 is 0 Å². The summed E-state index contributed by atoms with van der Waals surface area (Å²) in [5.41, 5.74) is 0.859. The van der Waals surface area contributed by atoms with Crippen LogP contribution in [0.3, 0.4) is 0 Å². The minimum absolute atomic E-state index is 0.225. The summed E-state index contributed by atoms with van der Waals surface area (Å²) in [7, 11) is 0. The van der Waals surface area contributed by atoms with Crippen molar-refractivity contribution < 1.29 is 13.2 Å². The lowest BCUT2D eigenvalue weighted by Crippen LogP contribution is -2.03. The molecule has 14 heavy (non-hydrogen) atoms. The minimum Gasteiger partial charge on any atom is -0.361 e. The number of halogens is 3. The monoisotopic (exact) mass is 199 g/mol. The van der Waals surface area contributed by atoms with Gasteiger partial charge in [0.15, 0.2) is 0 Å². The van der Waals surface area contributed by atoms with Crippen LogP contribution in [0.1, 0.15) is 11.1 Å². The lowest BCUT2D eigenvalue weighted by atomic mass is 10.1. The number of nitrogens with one attached hydrogen (secondary N) is 1. The van der Waals surface area contributed by atoms with Gasteiger partial charge in [-0.05, 0) is 18.6 Å². The molecule has 1 heterocycles. The fraction of sp³-hybridized carbons (Fsp3) is 0.200. The average molecular weight is 199 g/mol. The molecular formula is C10H8F3N. The van der Waals surface area contributed by atoms with Gasteiger partial charge in [-0.25, -0.2) is 0 Å². The molecular weight excluding hydrogens is 191 g/mol. The predicted molar refractivity (Wildman–Crippen MR) is 48.0 cm³/mol. The van der Waals surface area contributed by atoms with Crippen molar-refractivity contribution >= 4 is 10.9 Å². The highest BCUT2D eigenvalue weighted by atomic mass is 19.4. The van der Waals surface area contributed by atoms with E-state index < -0.39 is 11.7 Å². The number of aromatic nitrogens is 1. The van der Waals surface area contributed by atoms with Crippen LogP contribution >= 0.6 is 0 Å². The highest BCUT2D eigenvalue weighted by Crippen LogP contribution is 2.34. The Bertz CT molecular complexity index is 468. The maximum atomic E-state index is 12.4. The Labute approximate surface area is 78.5 Å². The zero-order chi connectivity index (χ0) is 10.3. The minimum atomic E-state index is -4.28. The summed E-state index contributed by atoms with van der Waals surface area (Å²) in [5, 5.41) is 0.225. The first-order valence-corrected chi connectivity index (χ1v) is 4.13. The fourth-order valence-corrected chi connectivity index (χ4v) is 1.47. The van der Waals surface area contributed by atoms with Gasteiger partial charge in [0.25, 0.3) is 0 Å². The zero-order valence-electron chi connectivity index (χ0n) is 7.44. The van der Waals surface area contributed by atoms with Gasteiger partial charge in [0.1, 0.15) is 0 Å². The molecule has 0 aliphatic rings. The quantitative estimate of drug-likeness (QED) is 0.668. The summed E-state index contributed by atoms with van der Waals surface area (Å²) < 4.78 is 37.3. The molecule has 0 amide bonds. The van der Waals surface area contributed by atoms with Crippen molar-refractivity contribution in [2.45, 2.75) is 13.1 Å². The first-order chi connectivity index (χ1) is 6.48. The zero-order valence-corrected chi connectivity index (χ0v) is 7.44. The molecule has 4 heteroatoms. The van der Waals surface area contributed by atoms with Gasteiger partial charge in [0, 0.05) is 17.1 Å². The molecule has 1 aromatic carbocycles. The molecule has 74 valence electrons. The third-order valence-corrected chi connectivity index (χ3v) is 2.14. The van der Waals surface area contributed by atoms with Crippen LogP contribution in [-0.2, 0) is 6.18 Å². The van der Waals surface area contributed by atoms with Crippen molar-refractivity contribution in [2.24, 2.45) is 0 Å². The normalized spacial score (nSPS) is 12.3. The van der Waals surface area contributed by atoms with Crippen LogP contribution in [0.2, 0.25) is 0 Å².